The summed E-state index contributed by atoms with van der Waals surface area (Å²) in [4.78, 5) is 12.2. The summed E-state index contributed by atoms with van der Waals surface area (Å²) in [5.41, 5.74) is 1.07. The Bertz CT molecular complexity index is 524. The lowest BCUT2D eigenvalue weighted by molar-refractivity contribution is -0.122. The molecule has 1 fully saturated rings. The molecule has 1 atom stereocenters. The molecule has 1 heterocycles. The number of hydrogen-bond donors (Lipinski definition) is 2. The maximum Gasteiger partial charge on any atom is 0.220 e. The summed E-state index contributed by atoms with van der Waals surface area (Å²) in [6.07, 6.45) is 7.02. The average Bonchev–Trinajstić information content (AvgIpc) is 2.95. The molecule has 2 N–H and O–H groups in total. The number of benzene rings is 1. The van der Waals surface area contributed by atoms with Crippen molar-refractivity contribution >= 4 is 5.91 Å². The van der Waals surface area contributed by atoms with Gasteiger partial charge in [-0.05, 0) is 51.8 Å². The molecule has 0 bridgehead atoms. The van der Waals surface area contributed by atoms with E-state index in [1.165, 1.54) is 12.8 Å². The molecule has 4 nitrogen and oxygen atoms in total. The van der Waals surface area contributed by atoms with Crippen LogP contribution in [-0.4, -0.2) is 25.1 Å². The predicted octanol–water partition coefficient (Wildman–Crippen LogP) is 2.94. The maximum absolute atomic E-state index is 12.2. The molecule has 0 radical (unpaired) electrons. The van der Waals surface area contributed by atoms with E-state index in [4.69, 9.17) is 4.74 Å². The number of carbonyl (C=O) groups excluding carboxylic acids is 1. The molecule has 1 aromatic carbocycles. The van der Waals surface area contributed by atoms with E-state index in [9.17, 15) is 4.79 Å². The summed E-state index contributed by atoms with van der Waals surface area (Å²) in [5.74, 6) is 1.10. The molecule has 2 aliphatic rings. The molecule has 0 saturated heterocycles. The van der Waals surface area contributed by atoms with Gasteiger partial charge in [-0.1, -0.05) is 18.2 Å². The van der Waals surface area contributed by atoms with Crippen molar-refractivity contribution in [3.05, 3.63) is 29.8 Å². The summed E-state index contributed by atoms with van der Waals surface area (Å²) in [7, 11) is 1.91. The van der Waals surface area contributed by atoms with E-state index in [0.29, 0.717) is 6.42 Å². The highest BCUT2D eigenvalue weighted by Crippen LogP contribution is 2.46. The maximum atomic E-state index is 12.2. The van der Waals surface area contributed by atoms with Crippen LogP contribution < -0.4 is 15.4 Å². The van der Waals surface area contributed by atoms with Crippen LogP contribution in [0.5, 0.6) is 5.75 Å². The molecule has 1 amide bonds. The molecule has 4 heteroatoms. The molecule has 1 spiro atoms. The molecule has 1 aromatic rings. The van der Waals surface area contributed by atoms with E-state index in [0.717, 1.165) is 43.5 Å². The van der Waals surface area contributed by atoms with Crippen LogP contribution in [0, 0.1) is 0 Å². The fraction of sp³-hybridized carbons (Fsp3) is 0.611. The van der Waals surface area contributed by atoms with Gasteiger partial charge >= 0.3 is 0 Å². The number of rotatable bonds is 5. The molecule has 1 saturated carbocycles. The van der Waals surface area contributed by atoms with E-state index in [1.807, 2.05) is 25.2 Å². The van der Waals surface area contributed by atoms with Crippen molar-refractivity contribution in [1.29, 1.82) is 0 Å². The van der Waals surface area contributed by atoms with Crippen molar-refractivity contribution in [3.63, 3.8) is 0 Å². The second-order valence-electron chi connectivity index (χ2n) is 6.56. The van der Waals surface area contributed by atoms with E-state index in [-0.39, 0.29) is 17.6 Å². The van der Waals surface area contributed by atoms with Crippen LogP contribution in [0.3, 0.4) is 0 Å². The predicted molar refractivity (Wildman–Crippen MR) is 86.9 cm³/mol. The zero-order valence-corrected chi connectivity index (χ0v) is 13.4. The molecular formula is C18H26N2O2. The minimum atomic E-state index is -0.0583. The highest BCUT2D eigenvalue weighted by molar-refractivity contribution is 5.76. The highest BCUT2D eigenvalue weighted by Gasteiger charge is 2.43. The van der Waals surface area contributed by atoms with Crippen molar-refractivity contribution in [2.45, 2.75) is 56.6 Å². The number of ether oxygens (including phenoxy) is 1. The second-order valence-corrected chi connectivity index (χ2v) is 6.56. The van der Waals surface area contributed by atoms with Gasteiger partial charge in [0.05, 0.1) is 6.04 Å². The third kappa shape index (κ3) is 3.27. The average molecular weight is 302 g/mol. The number of hydrogen-bond acceptors (Lipinski definition) is 3. The van der Waals surface area contributed by atoms with Gasteiger partial charge in [-0.25, -0.2) is 0 Å². The quantitative estimate of drug-likeness (QED) is 0.822. The van der Waals surface area contributed by atoms with Gasteiger partial charge in [0.2, 0.25) is 5.91 Å². The standard InChI is InChI=1S/C18H26N2O2/c1-19-12-6-9-17(21)20-15-13-18(10-4-5-11-18)22-16-8-3-2-7-14(15)16/h2-3,7-8,15,19H,4-6,9-13H2,1H3,(H,20,21). The molecule has 0 aromatic heterocycles. The molecule has 1 aliphatic heterocycles. The Balaban J connectivity index is 1.73. The first-order chi connectivity index (χ1) is 10.7. The first-order valence-electron chi connectivity index (χ1n) is 8.44. The molecule has 1 aliphatic carbocycles. The van der Waals surface area contributed by atoms with Gasteiger partial charge in [-0.3, -0.25) is 4.79 Å². The fourth-order valence-corrected chi connectivity index (χ4v) is 3.76. The van der Waals surface area contributed by atoms with Crippen LogP contribution in [0.25, 0.3) is 0 Å². The smallest absolute Gasteiger partial charge is 0.220 e. The van der Waals surface area contributed by atoms with E-state index < -0.39 is 0 Å². The van der Waals surface area contributed by atoms with Gasteiger partial charge in [0.1, 0.15) is 11.4 Å². The summed E-state index contributed by atoms with van der Waals surface area (Å²) in [6, 6.07) is 8.24. The number of fused-ring (bicyclic) bond motifs is 1. The van der Waals surface area contributed by atoms with Crippen LogP contribution in [0.1, 0.15) is 56.6 Å². The third-order valence-corrected chi connectivity index (χ3v) is 4.88. The minimum absolute atomic E-state index is 0.0583. The Morgan fingerprint density at radius 2 is 2.09 bits per heavy atom. The topological polar surface area (TPSA) is 50.4 Å². The lowest BCUT2D eigenvalue weighted by Gasteiger charge is -2.40. The zero-order valence-electron chi connectivity index (χ0n) is 13.4. The molecule has 1 unspecified atom stereocenters. The Hall–Kier alpha value is -1.55. The van der Waals surface area contributed by atoms with Gasteiger partial charge in [0, 0.05) is 18.4 Å². The van der Waals surface area contributed by atoms with E-state index in [2.05, 4.69) is 16.7 Å². The lowest BCUT2D eigenvalue weighted by Crippen LogP contribution is -2.43. The summed E-state index contributed by atoms with van der Waals surface area (Å²) in [6.45, 7) is 0.877. The van der Waals surface area contributed by atoms with Crippen LogP contribution >= 0.6 is 0 Å². The number of nitrogens with one attached hydrogen (secondary N) is 2. The normalized spacial score (nSPS) is 22.1. The Labute approximate surface area is 132 Å². The minimum Gasteiger partial charge on any atom is -0.487 e. The largest absolute Gasteiger partial charge is 0.487 e. The van der Waals surface area contributed by atoms with Gasteiger partial charge in [0.15, 0.2) is 0 Å². The zero-order chi connectivity index (χ0) is 15.4. The summed E-state index contributed by atoms with van der Waals surface area (Å²) < 4.78 is 6.33. The number of amides is 1. The van der Waals surface area contributed by atoms with Crippen molar-refractivity contribution in [3.8, 4) is 5.75 Å². The second kappa shape index (κ2) is 6.69. The SMILES string of the molecule is CNCCCC(=O)NC1CC2(CCCC2)Oc2ccccc21. The van der Waals surface area contributed by atoms with Crippen molar-refractivity contribution < 1.29 is 9.53 Å². The van der Waals surface area contributed by atoms with Gasteiger partial charge in [-0.15, -0.1) is 0 Å². The molecule has 3 rings (SSSR count). The molecule has 120 valence electrons. The van der Waals surface area contributed by atoms with Crippen LogP contribution in [0.2, 0.25) is 0 Å². The first kappa shape index (κ1) is 15.3. The highest BCUT2D eigenvalue weighted by atomic mass is 16.5. The fourth-order valence-electron chi connectivity index (χ4n) is 3.76. The summed E-state index contributed by atoms with van der Waals surface area (Å²) >= 11 is 0. The Kier molecular flexibility index (Phi) is 4.67. The molecular weight excluding hydrogens is 276 g/mol. The monoisotopic (exact) mass is 302 g/mol. The first-order valence-corrected chi connectivity index (χ1v) is 8.44. The summed E-state index contributed by atoms with van der Waals surface area (Å²) in [5, 5.41) is 6.32. The van der Waals surface area contributed by atoms with Crippen molar-refractivity contribution in [2.24, 2.45) is 0 Å². The van der Waals surface area contributed by atoms with Crippen LogP contribution in [0.15, 0.2) is 24.3 Å². The van der Waals surface area contributed by atoms with Gasteiger partial charge in [-0.2, -0.15) is 0 Å². The Morgan fingerprint density at radius 3 is 2.86 bits per heavy atom. The van der Waals surface area contributed by atoms with Crippen molar-refractivity contribution in [2.75, 3.05) is 13.6 Å². The van der Waals surface area contributed by atoms with Crippen LogP contribution in [0.4, 0.5) is 0 Å². The third-order valence-electron chi connectivity index (χ3n) is 4.88. The molecule has 22 heavy (non-hydrogen) atoms. The number of carbonyl (C=O) groups is 1. The van der Waals surface area contributed by atoms with E-state index >= 15 is 0 Å². The van der Waals surface area contributed by atoms with E-state index in [1.54, 1.807) is 0 Å². The number of para-hydroxylation sites is 1. The van der Waals surface area contributed by atoms with Crippen LogP contribution in [-0.2, 0) is 4.79 Å². The van der Waals surface area contributed by atoms with Gasteiger partial charge < -0.3 is 15.4 Å². The van der Waals surface area contributed by atoms with Crippen molar-refractivity contribution in [1.82, 2.24) is 10.6 Å². The Morgan fingerprint density at radius 1 is 1.32 bits per heavy atom. The van der Waals surface area contributed by atoms with Gasteiger partial charge in [0.25, 0.3) is 0 Å². The lowest BCUT2D eigenvalue weighted by atomic mass is 9.86.